The van der Waals surface area contributed by atoms with Gasteiger partial charge in [0, 0.05) is 49.1 Å². The lowest BCUT2D eigenvalue weighted by molar-refractivity contribution is 0.589. The molecule has 0 atom stereocenters. The summed E-state index contributed by atoms with van der Waals surface area (Å²) >= 11 is 1.65. The fraction of sp³-hybridized carbons (Fsp3) is 0.300. The van der Waals surface area contributed by atoms with Crippen LogP contribution in [0.25, 0.3) is 11.1 Å². The van der Waals surface area contributed by atoms with Crippen LogP contribution in [0, 0.1) is 0 Å². The average molecular weight is 386 g/mol. The molecule has 4 nitrogen and oxygen atoms in total. The lowest BCUT2D eigenvalue weighted by Gasteiger charge is -2.19. The van der Waals surface area contributed by atoms with Gasteiger partial charge in [-0.05, 0) is 24.0 Å². The molecule has 4 rings (SSSR count). The topological polar surface area (TPSA) is 57.4 Å². The van der Waals surface area contributed by atoms with E-state index in [2.05, 4.69) is 32.1 Å². The molecule has 7 heteroatoms. The zero-order chi connectivity index (χ0) is 18.6. The Balaban J connectivity index is 1.46. The molecule has 0 spiro atoms. The van der Waals surface area contributed by atoms with Crippen molar-refractivity contribution in [1.82, 2.24) is 19.9 Å². The van der Waals surface area contributed by atoms with Gasteiger partial charge in [0.2, 0.25) is 0 Å². The third kappa shape index (κ3) is 3.83. The van der Waals surface area contributed by atoms with Gasteiger partial charge >= 0.3 is 0 Å². The van der Waals surface area contributed by atoms with Crippen molar-refractivity contribution in [3.8, 4) is 0 Å². The second-order valence-electron chi connectivity index (χ2n) is 6.46. The Labute approximate surface area is 160 Å². The number of hydrogen-bond donors (Lipinski definition) is 2. The summed E-state index contributed by atoms with van der Waals surface area (Å²) in [6.45, 7) is 0. The summed E-state index contributed by atoms with van der Waals surface area (Å²) in [6.07, 6.45) is 13.0. The van der Waals surface area contributed by atoms with Crippen LogP contribution < -0.4 is 0 Å². The molecule has 0 unspecified atom stereocenters. The Morgan fingerprint density at radius 2 is 1.30 bits per heavy atom. The van der Waals surface area contributed by atoms with Gasteiger partial charge in [-0.1, -0.05) is 12.2 Å². The van der Waals surface area contributed by atoms with E-state index in [1.807, 2.05) is 0 Å². The summed E-state index contributed by atoms with van der Waals surface area (Å²) < 4.78 is 28.9. The number of aromatic nitrogens is 4. The molecule has 140 valence electrons. The number of rotatable bonds is 6. The van der Waals surface area contributed by atoms with E-state index in [1.165, 1.54) is 0 Å². The van der Waals surface area contributed by atoms with Crippen molar-refractivity contribution in [1.29, 1.82) is 0 Å². The first-order valence-corrected chi connectivity index (χ1v) is 10.1. The second-order valence-corrected chi connectivity index (χ2v) is 7.45. The van der Waals surface area contributed by atoms with Crippen LogP contribution in [0.2, 0.25) is 0 Å². The van der Waals surface area contributed by atoms with Crippen LogP contribution in [0.1, 0.15) is 37.3 Å². The van der Waals surface area contributed by atoms with Crippen molar-refractivity contribution < 1.29 is 8.78 Å². The van der Waals surface area contributed by atoms with Crippen LogP contribution in [0.4, 0.5) is 8.78 Å². The lowest BCUT2D eigenvalue weighted by atomic mass is 9.97. The molecule has 0 saturated heterocycles. The van der Waals surface area contributed by atoms with E-state index in [0.29, 0.717) is 60.0 Å². The number of nitrogens with zero attached hydrogens (tertiary/aromatic N) is 2. The van der Waals surface area contributed by atoms with Gasteiger partial charge in [-0.25, -0.2) is 18.7 Å². The van der Waals surface area contributed by atoms with Crippen LogP contribution in [-0.2, 0) is 0 Å². The van der Waals surface area contributed by atoms with Crippen LogP contribution in [0.3, 0.4) is 0 Å². The maximum absolute atomic E-state index is 14.4. The summed E-state index contributed by atoms with van der Waals surface area (Å²) in [7, 11) is 0. The first-order valence-electron chi connectivity index (χ1n) is 8.97. The van der Waals surface area contributed by atoms with Crippen molar-refractivity contribution in [2.75, 3.05) is 11.5 Å². The van der Waals surface area contributed by atoms with Gasteiger partial charge < -0.3 is 9.97 Å². The van der Waals surface area contributed by atoms with Gasteiger partial charge in [-0.3, -0.25) is 0 Å². The highest BCUT2D eigenvalue weighted by molar-refractivity contribution is 7.99. The van der Waals surface area contributed by atoms with Crippen LogP contribution in [-0.4, -0.2) is 31.4 Å². The Hall–Kier alpha value is -2.41. The monoisotopic (exact) mass is 386 g/mol. The number of imidazole rings is 2. The van der Waals surface area contributed by atoms with Gasteiger partial charge in [0.25, 0.3) is 0 Å². The van der Waals surface area contributed by atoms with Gasteiger partial charge in [0.1, 0.15) is 23.3 Å². The molecule has 2 heterocycles. The van der Waals surface area contributed by atoms with E-state index in [1.54, 1.807) is 36.5 Å². The van der Waals surface area contributed by atoms with Crippen LogP contribution in [0.15, 0.2) is 59.7 Å². The number of H-pyrrole nitrogens is 2. The molecule has 2 N–H and O–H groups in total. The van der Waals surface area contributed by atoms with E-state index < -0.39 is 0 Å². The van der Waals surface area contributed by atoms with Gasteiger partial charge in [0.05, 0.1) is 11.1 Å². The predicted molar refractivity (Wildman–Crippen MR) is 105 cm³/mol. The summed E-state index contributed by atoms with van der Waals surface area (Å²) in [5.41, 5.74) is 3.03. The van der Waals surface area contributed by atoms with E-state index in [4.69, 9.17) is 0 Å². The molecule has 0 radical (unpaired) electrons. The van der Waals surface area contributed by atoms with E-state index >= 15 is 0 Å². The number of thioether (sulfide) groups is 1. The first-order chi connectivity index (χ1) is 13.2. The molecule has 0 aromatic carbocycles. The summed E-state index contributed by atoms with van der Waals surface area (Å²) in [4.78, 5) is 14.4. The molecule has 0 fully saturated rings. The van der Waals surface area contributed by atoms with Crippen molar-refractivity contribution in [2.45, 2.75) is 25.7 Å². The largest absolute Gasteiger partial charge is 0.345 e. The Morgan fingerprint density at radius 1 is 0.815 bits per heavy atom. The average Bonchev–Trinajstić information content (AvgIpc) is 3.36. The third-order valence-electron chi connectivity index (χ3n) is 4.68. The number of hydrogen-bond acceptors (Lipinski definition) is 3. The zero-order valence-corrected chi connectivity index (χ0v) is 15.6. The highest BCUT2D eigenvalue weighted by Crippen LogP contribution is 2.37. The van der Waals surface area contributed by atoms with Crippen molar-refractivity contribution in [3.63, 3.8) is 0 Å². The molecular weight excluding hydrogens is 366 g/mol. The summed E-state index contributed by atoms with van der Waals surface area (Å²) in [6, 6.07) is 0. The summed E-state index contributed by atoms with van der Waals surface area (Å²) in [5, 5.41) is 0. The van der Waals surface area contributed by atoms with Crippen molar-refractivity contribution in [2.24, 2.45) is 0 Å². The predicted octanol–water partition coefficient (Wildman–Crippen LogP) is 5.37. The Kier molecular flexibility index (Phi) is 5.38. The SMILES string of the molecule is FC1=C(c2ncc[nH]2)C(CSCC2=CCCC(F)=C2c2ncc[nH]2)=CCC1. The molecule has 2 aromatic rings. The molecule has 2 aromatic heterocycles. The van der Waals surface area contributed by atoms with Crippen LogP contribution >= 0.6 is 11.8 Å². The van der Waals surface area contributed by atoms with Crippen molar-refractivity contribution >= 4 is 22.9 Å². The molecule has 2 aliphatic carbocycles. The highest BCUT2D eigenvalue weighted by Gasteiger charge is 2.22. The first kappa shape index (κ1) is 18.0. The zero-order valence-electron chi connectivity index (χ0n) is 14.8. The smallest absolute Gasteiger partial charge is 0.140 e. The quantitative estimate of drug-likeness (QED) is 0.702. The Morgan fingerprint density at radius 3 is 1.70 bits per heavy atom. The highest BCUT2D eigenvalue weighted by atomic mass is 32.2. The second kappa shape index (κ2) is 8.08. The lowest BCUT2D eigenvalue weighted by Crippen LogP contribution is -2.06. The minimum atomic E-state index is -0.123. The normalized spacial score (nSPS) is 18.0. The maximum Gasteiger partial charge on any atom is 0.140 e. The minimum absolute atomic E-state index is 0.123. The fourth-order valence-corrected chi connectivity index (χ4v) is 4.51. The number of allylic oxidation sites excluding steroid dienone is 6. The number of nitrogens with one attached hydrogen (secondary N) is 2. The number of halogens is 2. The van der Waals surface area contributed by atoms with Crippen LogP contribution in [0.5, 0.6) is 0 Å². The standard InChI is InChI=1S/C20H20F2N4S/c21-15-5-1-3-13(17(15)19-23-7-8-24-19)11-27-12-14-4-2-6-16(22)18(14)20-25-9-10-26-20/h3-4,7-10H,1-2,5-6,11-12H2,(H,23,24)(H,25,26). The molecule has 0 bridgehead atoms. The van der Waals surface area contributed by atoms with Gasteiger partial charge in [-0.2, -0.15) is 11.8 Å². The van der Waals surface area contributed by atoms with E-state index in [9.17, 15) is 8.78 Å². The third-order valence-corrected chi connectivity index (χ3v) is 5.71. The fourth-order valence-electron chi connectivity index (χ4n) is 3.45. The Bertz CT molecular complexity index is 845. The van der Waals surface area contributed by atoms with Gasteiger partial charge in [0.15, 0.2) is 0 Å². The molecule has 27 heavy (non-hydrogen) atoms. The maximum atomic E-state index is 14.4. The molecule has 0 aliphatic heterocycles. The molecule has 2 aliphatic rings. The summed E-state index contributed by atoms with van der Waals surface area (Å²) in [5.74, 6) is 2.18. The van der Waals surface area contributed by atoms with Crippen molar-refractivity contribution in [3.05, 3.63) is 71.4 Å². The molecule has 0 saturated carbocycles. The molecule has 0 amide bonds. The minimum Gasteiger partial charge on any atom is -0.345 e. The van der Waals surface area contributed by atoms with E-state index in [-0.39, 0.29) is 11.7 Å². The van der Waals surface area contributed by atoms with Gasteiger partial charge in [-0.15, -0.1) is 0 Å². The number of aromatic amines is 2. The molecular formula is C20H20F2N4S. The van der Waals surface area contributed by atoms with E-state index in [0.717, 1.165) is 11.1 Å².